The highest BCUT2D eigenvalue weighted by Gasteiger charge is 2.18. The molecule has 0 radical (unpaired) electrons. The van der Waals surface area contributed by atoms with Crippen molar-refractivity contribution >= 4 is 16.7 Å². The summed E-state index contributed by atoms with van der Waals surface area (Å²) in [5.41, 5.74) is 3.81. The van der Waals surface area contributed by atoms with E-state index >= 15 is 0 Å². The molecule has 0 fully saturated rings. The lowest BCUT2D eigenvalue weighted by Crippen LogP contribution is -2.04. The van der Waals surface area contributed by atoms with E-state index in [4.69, 9.17) is 5.26 Å². The summed E-state index contributed by atoms with van der Waals surface area (Å²) < 4.78 is 16.5. The Morgan fingerprint density at radius 1 is 1.12 bits per heavy atom. The number of benzene rings is 2. The number of H-pyrrole nitrogens is 1. The number of rotatable bonds is 6. The Bertz CT molecular complexity index is 1520. The quantitative estimate of drug-likeness (QED) is 0.405. The summed E-state index contributed by atoms with van der Waals surface area (Å²) in [6.45, 7) is 0.478. The minimum absolute atomic E-state index is 0.0775. The van der Waals surface area contributed by atoms with Crippen LogP contribution in [-0.4, -0.2) is 35.7 Å². The number of aromatic nitrogens is 6. The highest BCUT2D eigenvalue weighted by Crippen LogP contribution is 2.28. The molecule has 8 nitrogen and oxygen atoms in total. The average Bonchev–Trinajstić information content (AvgIpc) is 3.45. The molecule has 3 heterocycles. The van der Waals surface area contributed by atoms with Crippen LogP contribution in [0.25, 0.3) is 22.0 Å². The Morgan fingerprint density at radius 2 is 1.97 bits per heavy atom. The zero-order valence-electron chi connectivity index (χ0n) is 17.2. The van der Waals surface area contributed by atoms with Gasteiger partial charge in [-0.3, -0.25) is 14.6 Å². The van der Waals surface area contributed by atoms with E-state index in [1.807, 2.05) is 12.1 Å². The summed E-state index contributed by atoms with van der Waals surface area (Å²) in [7, 11) is 0. The number of carbonyl (C=O) groups excluding carboxylic acids is 1. The van der Waals surface area contributed by atoms with Gasteiger partial charge in [-0.25, -0.2) is 14.4 Å². The van der Waals surface area contributed by atoms with Crippen LogP contribution in [0.4, 0.5) is 4.39 Å². The van der Waals surface area contributed by atoms with E-state index in [1.54, 1.807) is 35.3 Å². The zero-order valence-corrected chi connectivity index (χ0v) is 17.2. The second-order valence-electron chi connectivity index (χ2n) is 7.54. The number of ketones is 1. The second-order valence-corrected chi connectivity index (χ2v) is 7.54. The number of aromatic amines is 1. The molecule has 1 N–H and O–H groups in total. The van der Waals surface area contributed by atoms with E-state index in [9.17, 15) is 9.18 Å². The Hall–Kier alpha value is -4.71. The monoisotopic (exact) mass is 437 g/mol. The number of hydrogen-bond acceptors (Lipinski definition) is 6. The Kier molecular flexibility index (Phi) is 5.16. The first-order valence-corrected chi connectivity index (χ1v) is 10.1. The first-order chi connectivity index (χ1) is 16.1. The second kappa shape index (κ2) is 8.43. The fourth-order valence-electron chi connectivity index (χ4n) is 3.69. The van der Waals surface area contributed by atoms with Crippen LogP contribution in [0.5, 0.6) is 0 Å². The maximum atomic E-state index is 14.8. The zero-order chi connectivity index (χ0) is 22.8. The van der Waals surface area contributed by atoms with Crippen molar-refractivity contribution in [2.45, 2.75) is 13.0 Å². The van der Waals surface area contributed by atoms with Crippen LogP contribution in [0, 0.1) is 17.1 Å². The molecule has 0 bridgehead atoms. The van der Waals surface area contributed by atoms with Gasteiger partial charge in [0.15, 0.2) is 5.78 Å². The number of Topliss-reactive ketones (excluding diaryl/α,β-unsaturated/α-hetero) is 1. The van der Waals surface area contributed by atoms with Crippen LogP contribution >= 0.6 is 0 Å². The van der Waals surface area contributed by atoms with Crippen molar-refractivity contribution in [3.05, 3.63) is 95.7 Å². The number of nitrogens with zero attached hydrogens (tertiary/aromatic N) is 6. The van der Waals surface area contributed by atoms with Crippen molar-refractivity contribution in [2.24, 2.45) is 0 Å². The molecule has 2 aromatic carbocycles. The van der Waals surface area contributed by atoms with Gasteiger partial charge in [0.05, 0.1) is 29.9 Å². The van der Waals surface area contributed by atoms with E-state index in [1.165, 1.54) is 24.8 Å². The summed E-state index contributed by atoms with van der Waals surface area (Å²) in [6, 6.07) is 12.3. The summed E-state index contributed by atoms with van der Waals surface area (Å²) in [5, 5.41) is 20.7. The molecule has 0 saturated carbocycles. The molecule has 0 aliphatic heterocycles. The molecule has 160 valence electrons. The van der Waals surface area contributed by atoms with Gasteiger partial charge in [-0.1, -0.05) is 12.1 Å². The van der Waals surface area contributed by atoms with Crippen molar-refractivity contribution in [1.29, 1.82) is 5.26 Å². The molecule has 0 atom stereocenters. The maximum Gasteiger partial charge on any atom is 0.188 e. The summed E-state index contributed by atoms with van der Waals surface area (Å²) in [6.07, 6.45) is 7.89. The van der Waals surface area contributed by atoms with Gasteiger partial charge in [0.25, 0.3) is 0 Å². The Balaban J connectivity index is 1.35. The number of carbonyl (C=O) groups is 1. The van der Waals surface area contributed by atoms with E-state index < -0.39 is 5.82 Å². The van der Waals surface area contributed by atoms with Crippen molar-refractivity contribution in [1.82, 2.24) is 29.9 Å². The average molecular weight is 437 g/mol. The third kappa shape index (κ3) is 4.09. The molecule has 0 unspecified atom stereocenters. The van der Waals surface area contributed by atoms with E-state index in [2.05, 4.69) is 31.3 Å². The van der Waals surface area contributed by atoms with E-state index in [0.717, 1.165) is 5.56 Å². The molecule has 0 aliphatic rings. The fourth-order valence-corrected chi connectivity index (χ4v) is 3.69. The first-order valence-electron chi connectivity index (χ1n) is 10.1. The standard InChI is InChI=1S/C24H16FN7O/c25-21-6-20-22(7-19(21)18-10-27-14-28-11-18)30-31-24(20)23(33)5-17-9-29-32(13-17)12-16-3-1-2-15(4-16)8-26/h1-4,6-7,9-11,13-14H,5,12H2,(H,30,31). The molecule has 5 rings (SSSR count). The summed E-state index contributed by atoms with van der Waals surface area (Å²) in [4.78, 5) is 20.7. The first kappa shape index (κ1) is 20.2. The maximum absolute atomic E-state index is 14.8. The molecule has 0 spiro atoms. The molecule has 5 aromatic rings. The van der Waals surface area contributed by atoms with Crippen molar-refractivity contribution in [3.8, 4) is 17.2 Å². The van der Waals surface area contributed by atoms with Crippen molar-refractivity contribution < 1.29 is 9.18 Å². The predicted octanol–water partition coefficient (Wildman–Crippen LogP) is 3.70. The number of nitriles is 1. The van der Waals surface area contributed by atoms with Gasteiger partial charge in [-0.05, 0) is 35.4 Å². The van der Waals surface area contributed by atoms with Crippen molar-refractivity contribution in [3.63, 3.8) is 0 Å². The number of hydrogen-bond donors (Lipinski definition) is 1. The van der Waals surface area contributed by atoms with Gasteiger partial charge in [-0.2, -0.15) is 15.5 Å². The Morgan fingerprint density at radius 3 is 2.79 bits per heavy atom. The predicted molar refractivity (Wildman–Crippen MR) is 118 cm³/mol. The van der Waals surface area contributed by atoms with Gasteiger partial charge in [0, 0.05) is 41.5 Å². The lowest BCUT2D eigenvalue weighted by Gasteiger charge is -2.03. The number of halogens is 1. The van der Waals surface area contributed by atoms with Crippen molar-refractivity contribution in [2.75, 3.05) is 0 Å². The Labute approximate surface area is 187 Å². The van der Waals surface area contributed by atoms with Crippen LogP contribution in [0.2, 0.25) is 0 Å². The van der Waals surface area contributed by atoms with Crippen LogP contribution in [0.3, 0.4) is 0 Å². The number of nitrogens with one attached hydrogen (secondary N) is 1. The third-order valence-electron chi connectivity index (χ3n) is 5.24. The van der Waals surface area contributed by atoms with E-state index in [0.29, 0.717) is 39.7 Å². The highest BCUT2D eigenvalue weighted by atomic mass is 19.1. The van der Waals surface area contributed by atoms with Crippen LogP contribution < -0.4 is 0 Å². The van der Waals surface area contributed by atoms with Gasteiger partial charge in [0.2, 0.25) is 0 Å². The SMILES string of the molecule is N#Cc1cccc(Cn2cc(CC(=O)c3n[nH]c4cc(-c5cncnc5)c(F)cc34)cn2)c1. The fraction of sp³-hybridized carbons (Fsp3) is 0.0833. The summed E-state index contributed by atoms with van der Waals surface area (Å²) in [5.74, 6) is -0.734. The third-order valence-corrected chi connectivity index (χ3v) is 5.24. The minimum atomic E-state index is -0.486. The molecule has 3 aromatic heterocycles. The van der Waals surface area contributed by atoms with Gasteiger partial charge >= 0.3 is 0 Å². The smallest absolute Gasteiger partial charge is 0.188 e. The van der Waals surface area contributed by atoms with Crippen LogP contribution in [0.15, 0.2) is 67.5 Å². The molecule has 0 aliphatic carbocycles. The molecule has 9 heteroatoms. The molecule has 33 heavy (non-hydrogen) atoms. The highest BCUT2D eigenvalue weighted by molar-refractivity contribution is 6.07. The molecular formula is C24H16FN7O. The van der Waals surface area contributed by atoms with Crippen LogP contribution in [-0.2, 0) is 13.0 Å². The van der Waals surface area contributed by atoms with E-state index in [-0.39, 0.29) is 17.9 Å². The molecular weight excluding hydrogens is 421 g/mol. The van der Waals surface area contributed by atoms with Gasteiger partial charge < -0.3 is 0 Å². The topological polar surface area (TPSA) is 113 Å². The molecule has 0 saturated heterocycles. The lowest BCUT2D eigenvalue weighted by atomic mass is 10.0. The summed E-state index contributed by atoms with van der Waals surface area (Å²) >= 11 is 0. The lowest BCUT2D eigenvalue weighted by molar-refractivity contribution is 0.0989. The number of fused-ring (bicyclic) bond motifs is 1. The minimum Gasteiger partial charge on any atom is -0.292 e. The normalized spacial score (nSPS) is 10.9. The van der Waals surface area contributed by atoms with Gasteiger partial charge in [-0.15, -0.1) is 0 Å². The molecule has 0 amide bonds. The van der Waals surface area contributed by atoms with Crippen LogP contribution in [0.1, 0.15) is 27.2 Å². The van der Waals surface area contributed by atoms with Gasteiger partial charge in [0.1, 0.15) is 17.8 Å². The largest absolute Gasteiger partial charge is 0.292 e.